The molecule has 0 fully saturated rings. The molecule has 0 bridgehead atoms. The molecular formula is C26H21FN8. The molecule has 0 saturated heterocycles. The Bertz CT molecular complexity index is 1670. The number of imidazole rings is 1. The molecule has 1 aromatic carbocycles. The van der Waals surface area contributed by atoms with Crippen LogP contribution >= 0.6 is 0 Å². The Hall–Kier alpha value is -4.50. The maximum Gasteiger partial charge on any atom is 0.178 e. The minimum Gasteiger partial charge on any atom is -0.335 e. The molecule has 35 heavy (non-hydrogen) atoms. The fraction of sp³-hybridized carbons (Fsp3) is 0.115. The number of rotatable bonds is 6. The molecule has 0 aliphatic carbocycles. The lowest BCUT2D eigenvalue weighted by atomic mass is 10.1. The number of nitrogens with zero attached hydrogens (tertiary/aromatic N) is 5. The van der Waals surface area contributed by atoms with E-state index in [0.29, 0.717) is 17.2 Å². The Morgan fingerprint density at radius 3 is 2.83 bits per heavy atom. The molecule has 0 amide bonds. The predicted octanol–water partition coefficient (Wildman–Crippen LogP) is 4.87. The second-order valence-electron chi connectivity index (χ2n) is 8.20. The van der Waals surface area contributed by atoms with Gasteiger partial charge in [-0.25, -0.2) is 14.4 Å². The highest BCUT2D eigenvalue weighted by atomic mass is 19.1. The van der Waals surface area contributed by atoms with Crippen molar-refractivity contribution in [3.05, 3.63) is 78.6 Å². The Balaban J connectivity index is 1.44. The topological polar surface area (TPSA) is 108 Å². The maximum absolute atomic E-state index is 13.9. The first-order chi connectivity index (χ1) is 17.2. The average Bonchev–Trinajstić information content (AvgIpc) is 3.51. The van der Waals surface area contributed by atoms with E-state index in [1.807, 2.05) is 24.4 Å². The first-order valence-electron chi connectivity index (χ1n) is 11.3. The molecule has 0 aliphatic heterocycles. The van der Waals surface area contributed by atoms with Crippen LogP contribution < -0.4 is 5.32 Å². The van der Waals surface area contributed by atoms with Crippen LogP contribution in [-0.2, 0) is 6.54 Å². The zero-order chi connectivity index (χ0) is 23.8. The third-order valence-electron chi connectivity index (χ3n) is 5.87. The summed E-state index contributed by atoms with van der Waals surface area (Å²) in [6, 6.07) is 12.4. The van der Waals surface area contributed by atoms with Gasteiger partial charge in [0, 0.05) is 41.6 Å². The molecule has 0 unspecified atom stereocenters. The summed E-state index contributed by atoms with van der Waals surface area (Å²) in [6.07, 6.45) is 7.09. The van der Waals surface area contributed by atoms with Crippen molar-refractivity contribution in [2.24, 2.45) is 0 Å². The molecule has 6 rings (SSSR count). The number of halogens is 1. The third-order valence-corrected chi connectivity index (χ3v) is 5.87. The zero-order valence-corrected chi connectivity index (χ0v) is 18.9. The van der Waals surface area contributed by atoms with Crippen molar-refractivity contribution in [2.75, 3.05) is 6.54 Å². The number of fused-ring (bicyclic) bond motifs is 2. The van der Waals surface area contributed by atoms with Crippen molar-refractivity contribution in [1.29, 1.82) is 0 Å². The molecule has 0 radical (unpaired) electrons. The van der Waals surface area contributed by atoms with E-state index in [-0.39, 0.29) is 5.82 Å². The van der Waals surface area contributed by atoms with Gasteiger partial charge in [-0.05, 0) is 48.0 Å². The van der Waals surface area contributed by atoms with Gasteiger partial charge >= 0.3 is 0 Å². The van der Waals surface area contributed by atoms with Crippen LogP contribution in [0.4, 0.5) is 4.39 Å². The number of nitrogens with one attached hydrogen (secondary N) is 3. The zero-order valence-electron chi connectivity index (χ0n) is 18.9. The Morgan fingerprint density at radius 2 is 1.94 bits per heavy atom. The van der Waals surface area contributed by atoms with Crippen LogP contribution in [0.2, 0.25) is 0 Å². The average molecular weight is 465 g/mol. The van der Waals surface area contributed by atoms with E-state index in [9.17, 15) is 4.39 Å². The summed E-state index contributed by atoms with van der Waals surface area (Å²) in [5.41, 5.74) is 7.07. The SMILES string of the molecule is CCNCc1cncc(-c2cc3c(-c4nc5nccc(-c6cccc(F)c6)c5[nH]4)n[nH]c3cn2)c1. The second kappa shape index (κ2) is 8.69. The number of hydrogen-bond donors (Lipinski definition) is 3. The van der Waals surface area contributed by atoms with Crippen molar-refractivity contribution in [1.82, 2.24) is 40.4 Å². The van der Waals surface area contributed by atoms with Gasteiger partial charge in [0.1, 0.15) is 11.5 Å². The molecule has 0 spiro atoms. The molecule has 0 aliphatic rings. The van der Waals surface area contributed by atoms with Crippen LogP contribution in [0.3, 0.4) is 0 Å². The molecule has 5 heterocycles. The highest BCUT2D eigenvalue weighted by Crippen LogP contribution is 2.32. The second-order valence-corrected chi connectivity index (χ2v) is 8.20. The minimum atomic E-state index is -0.297. The van der Waals surface area contributed by atoms with E-state index in [0.717, 1.165) is 57.5 Å². The van der Waals surface area contributed by atoms with Crippen LogP contribution in [-0.4, -0.2) is 41.7 Å². The minimum absolute atomic E-state index is 0.297. The number of hydrogen-bond acceptors (Lipinski definition) is 6. The Labute approximate surface area is 199 Å². The Morgan fingerprint density at radius 1 is 1.00 bits per heavy atom. The van der Waals surface area contributed by atoms with Gasteiger partial charge in [0.2, 0.25) is 0 Å². The monoisotopic (exact) mass is 464 g/mol. The lowest BCUT2D eigenvalue weighted by Crippen LogP contribution is -2.11. The van der Waals surface area contributed by atoms with Gasteiger partial charge in [0.15, 0.2) is 11.5 Å². The lowest BCUT2D eigenvalue weighted by Gasteiger charge is -2.05. The summed E-state index contributed by atoms with van der Waals surface area (Å²) in [5.74, 6) is 0.272. The van der Waals surface area contributed by atoms with Gasteiger partial charge in [-0.3, -0.25) is 15.1 Å². The number of pyridine rings is 3. The van der Waals surface area contributed by atoms with Crippen LogP contribution in [0, 0.1) is 5.82 Å². The van der Waals surface area contributed by atoms with Crippen molar-refractivity contribution >= 4 is 22.1 Å². The van der Waals surface area contributed by atoms with E-state index in [4.69, 9.17) is 0 Å². The largest absolute Gasteiger partial charge is 0.335 e. The lowest BCUT2D eigenvalue weighted by molar-refractivity contribution is 0.628. The van der Waals surface area contributed by atoms with Gasteiger partial charge in [-0.15, -0.1) is 0 Å². The summed E-state index contributed by atoms with van der Waals surface area (Å²) in [6.45, 7) is 3.71. The molecular weight excluding hydrogens is 443 g/mol. The highest BCUT2D eigenvalue weighted by molar-refractivity contribution is 5.96. The predicted molar refractivity (Wildman–Crippen MR) is 133 cm³/mol. The maximum atomic E-state index is 13.9. The molecule has 0 saturated carbocycles. The summed E-state index contributed by atoms with van der Waals surface area (Å²) in [4.78, 5) is 21.4. The molecule has 3 N–H and O–H groups in total. The molecule has 5 aromatic heterocycles. The first kappa shape index (κ1) is 21.1. The van der Waals surface area contributed by atoms with Gasteiger partial charge in [0.25, 0.3) is 0 Å². The molecule has 6 aromatic rings. The fourth-order valence-corrected chi connectivity index (χ4v) is 4.17. The normalized spacial score (nSPS) is 11.5. The quantitative estimate of drug-likeness (QED) is 0.324. The summed E-state index contributed by atoms with van der Waals surface area (Å²) in [5, 5.41) is 11.7. The van der Waals surface area contributed by atoms with E-state index in [1.165, 1.54) is 12.1 Å². The summed E-state index contributed by atoms with van der Waals surface area (Å²) in [7, 11) is 0. The first-order valence-corrected chi connectivity index (χ1v) is 11.3. The molecule has 0 atom stereocenters. The van der Waals surface area contributed by atoms with Crippen molar-refractivity contribution in [3.8, 4) is 33.9 Å². The fourth-order valence-electron chi connectivity index (χ4n) is 4.17. The van der Waals surface area contributed by atoms with Crippen LogP contribution in [0.15, 0.2) is 67.3 Å². The number of benzene rings is 1. The van der Waals surface area contributed by atoms with Gasteiger partial charge < -0.3 is 10.3 Å². The number of H-pyrrole nitrogens is 2. The summed E-state index contributed by atoms with van der Waals surface area (Å²) >= 11 is 0. The van der Waals surface area contributed by atoms with Crippen LogP contribution in [0.5, 0.6) is 0 Å². The van der Waals surface area contributed by atoms with E-state index in [2.05, 4.69) is 53.4 Å². The van der Waals surface area contributed by atoms with Gasteiger partial charge in [-0.2, -0.15) is 5.10 Å². The summed E-state index contributed by atoms with van der Waals surface area (Å²) < 4.78 is 13.9. The van der Waals surface area contributed by atoms with Gasteiger partial charge in [-0.1, -0.05) is 19.1 Å². The van der Waals surface area contributed by atoms with Crippen molar-refractivity contribution < 1.29 is 4.39 Å². The highest BCUT2D eigenvalue weighted by Gasteiger charge is 2.17. The van der Waals surface area contributed by atoms with E-state index >= 15 is 0 Å². The molecule has 8 nitrogen and oxygen atoms in total. The van der Waals surface area contributed by atoms with Crippen molar-refractivity contribution in [2.45, 2.75) is 13.5 Å². The number of aromatic nitrogens is 7. The third kappa shape index (κ3) is 3.91. The van der Waals surface area contributed by atoms with Crippen LogP contribution in [0.25, 0.3) is 56.0 Å². The van der Waals surface area contributed by atoms with Crippen LogP contribution in [0.1, 0.15) is 12.5 Å². The molecule has 172 valence electrons. The number of aromatic amines is 2. The van der Waals surface area contributed by atoms with E-state index in [1.54, 1.807) is 24.7 Å². The van der Waals surface area contributed by atoms with E-state index < -0.39 is 0 Å². The van der Waals surface area contributed by atoms with Gasteiger partial charge in [0.05, 0.1) is 22.9 Å². The van der Waals surface area contributed by atoms with Crippen molar-refractivity contribution in [3.63, 3.8) is 0 Å². The molecule has 9 heteroatoms. The Kier molecular flexibility index (Phi) is 5.23. The smallest absolute Gasteiger partial charge is 0.178 e. The standard InChI is InChI=1S/C26H21FN8/c1-2-28-11-15-8-17(13-29-12-15)21-10-20-22(14-31-21)34-35-24(20)26-32-23-19(6-7-30-25(23)33-26)16-4-3-5-18(27)9-16/h3-10,12-14,28H,2,11H2,1H3,(H,34,35)(H,30,32,33).